The lowest BCUT2D eigenvalue weighted by Gasteiger charge is -2.24. The standard InChI is InChI=1S/C19H20ClF3N4O2/c1-11-6-7-13(9-24-11)27-10-15(26(2)18(27)29)17(28)25-8-12-4-3-5-14(16(12)20)19(21,22)23/h3-4,6-7,9,14-15H,5,8,10H2,1-2H3,(H,25,28). The molecule has 0 radical (unpaired) electrons. The van der Waals surface area contributed by atoms with Gasteiger partial charge in [0.15, 0.2) is 0 Å². The average Bonchev–Trinajstić information content (AvgIpc) is 2.96. The van der Waals surface area contributed by atoms with E-state index in [4.69, 9.17) is 11.6 Å². The number of hydrogen-bond acceptors (Lipinski definition) is 3. The first-order valence-corrected chi connectivity index (χ1v) is 9.34. The van der Waals surface area contributed by atoms with Crippen molar-refractivity contribution in [2.45, 2.75) is 25.6 Å². The summed E-state index contributed by atoms with van der Waals surface area (Å²) in [4.78, 5) is 32.0. The van der Waals surface area contributed by atoms with Crippen molar-refractivity contribution in [2.75, 3.05) is 25.0 Å². The number of allylic oxidation sites excluding steroid dienone is 2. The number of nitrogens with zero attached hydrogens (tertiary/aromatic N) is 3. The summed E-state index contributed by atoms with van der Waals surface area (Å²) in [5.41, 5.74) is 1.57. The number of alkyl halides is 3. The second-order valence-corrected chi connectivity index (χ2v) is 7.41. The largest absolute Gasteiger partial charge is 0.396 e. The van der Waals surface area contributed by atoms with E-state index in [0.29, 0.717) is 5.69 Å². The molecular weight excluding hydrogens is 409 g/mol. The summed E-state index contributed by atoms with van der Waals surface area (Å²) in [5.74, 6) is -2.23. The van der Waals surface area contributed by atoms with E-state index in [2.05, 4.69) is 10.3 Å². The van der Waals surface area contributed by atoms with Gasteiger partial charge in [-0.25, -0.2) is 4.79 Å². The molecule has 0 saturated carbocycles. The van der Waals surface area contributed by atoms with Gasteiger partial charge in [-0.1, -0.05) is 23.8 Å². The van der Waals surface area contributed by atoms with Crippen LogP contribution in [0.1, 0.15) is 12.1 Å². The maximum atomic E-state index is 13.0. The minimum Gasteiger partial charge on any atom is -0.350 e. The van der Waals surface area contributed by atoms with Crippen LogP contribution in [0.4, 0.5) is 23.7 Å². The molecule has 0 bridgehead atoms. The SMILES string of the molecule is Cc1ccc(N2CC(C(=O)NCC3=C(Cl)C(C(F)(F)F)CC=C3)N(C)C2=O)cn1. The average molecular weight is 429 g/mol. The molecule has 1 aromatic heterocycles. The van der Waals surface area contributed by atoms with Gasteiger partial charge in [-0.2, -0.15) is 13.2 Å². The lowest BCUT2D eigenvalue weighted by atomic mass is 9.95. The van der Waals surface area contributed by atoms with E-state index < -0.39 is 24.0 Å². The Morgan fingerprint density at radius 3 is 2.72 bits per heavy atom. The lowest BCUT2D eigenvalue weighted by Crippen LogP contribution is -2.44. The Morgan fingerprint density at radius 2 is 2.10 bits per heavy atom. The van der Waals surface area contributed by atoms with Gasteiger partial charge in [0.2, 0.25) is 5.91 Å². The molecule has 1 aliphatic heterocycles. The highest BCUT2D eigenvalue weighted by Gasteiger charge is 2.43. The summed E-state index contributed by atoms with van der Waals surface area (Å²) in [7, 11) is 1.50. The van der Waals surface area contributed by atoms with Crippen molar-refractivity contribution in [3.8, 4) is 0 Å². The molecule has 2 unspecified atom stereocenters. The smallest absolute Gasteiger partial charge is 0.350 e. The van der Waals surface area contributed by atoms with Gasteiger partial charge in [0.25, 0.3) is 0 Å². The Labute approximate surface area is 171 Å². The zero-order chi connectivity index (χ0) is 21.3. The summed E-state index contributed by atoms with van der Waals surface area (Å²) in [6.07, 6.45) is -0.242. The van der Waals surface area contributed by atoms with Crippen LogP contribution < -0.4 is 10.2 Å². The van der Waals surface area contributed by atoms with Crippen LogP contribution in [0.5, 0.6) is 0 Å². The number of anilines is 1. The Balaban J connectivity index is 1.67. The first-order chi connectivity index (χ1) is 13.6. The third kappa shape index (κ3) is 4.39. The highest BCUT2D eigenvalue weighted by atomic mass is 35.5. The van der Waals surface area contributed by atoms with Crippen molar-refractivity contribution in [3.63, 3.8) is 0 Å². The lowest BCUT2D eigenvalue weighted by molar-refractivity contribution is -0.161. The van der Waals surface area contributed by atoms with E-state index in [1.807, 2.05) is 6.92 Å². The molecule has 1 N–H and O–H groups in total. The topological polar surface area (TPSA) is 65.5 Å². The minimum absolute atomic E-state index is 0.111. The molecule has 6 nitrogen and oxygen atoms in total. The van der Waals surface area contributed by atoms with Crippen LogP contribution in [0.2, 0.25) is 0 Å². The first kappa shape index (κ1) is 21.2. The summed E-state index contributed by atoms with van der Waals surface area (Å²) in [6, 6.07) is 2.36. The number of halogens is 4. The van der Waals surface area contributed by atoms with Crippen LogP contribution in [-0.4, -0.2) is 54.2 Å². The number of carbonyl (C=O) groups excluding carboxylic acids is 2. The normalized spacial score (nSPS) is 22.5. The monoisotopic (exact) mass is 428 g/mol. The fourth-order valence-corrected chi connectivity index (χ4v) is 3.61. The van der Waals surface area contributed by atoms with Gasteiger partial charge < -0.3 is 10.2 Å². The number of likely N-dealkylation sites (N-methyl/N-ethyl adjacent to an activating group) is 1. The first-order valence-electron chi connectivity index (χ1n) is 8.96. The maximum absolute atomic E-state index is 13.0. The van der Waals surface area contributed by atoms with Crippen LogP contribution in [0.15, 0.2) is 41.1 Å². The highest BCUT2D eigenvalue weighted by molar-refractivity contribution is 6.30. The Kier molecular flexibility index (Phi) is 5.88. The molecule has 10 heteroatoms. The number of pyridine rings is 1. The molecule has 0 aromatic carbocycles. The number of carbonyl (C=O) groups is 2. The molecule has 29 heavy (non-hydrogen) atoms. The van der Waals surface area contributed by atoms with Gasteiger partial charge in [0.1, 0.15) is 6.04 Å². The van der Waals surface area contributed by atoms with E-state index in [0.717, 1.165) is 5.69 Å². The van der Waals surface area contributed by atoms with Crippen LogP contribution in [0.3, 0.4) is 0 Å². The quantitative estimate of drug-likeness (QED) is 0.799. The summed E-state index contributed by atoms with van der Waals surface area (Å²) in [6.45, 7) is 1.78. The molecule has 1 fully saturated rings. The zero-order valence-electron chi connectivity index (χ0n) is 15.8. The molecule has 1 aromatic rings. The zero-order valence-corrected chi connectivity index (χ0v) is 16.6. The highest BCUT2D eigenvalue weighted by Crippen LogP contribution is 2.40. The van der Waals surface area contributed by atoms with E-state index in [1.165, 1.54) is 29.0 Å². The fourth-order valence-electron chi connectivity index (χ4n) is 3.27. The number of urea groups is 1. The van der Waals surface area contributed by atoms with Gasteiger partial charge in [0, 0.05) is 24.3 Å². The molecule has 3 rings (SSSR count). The van der Waals surface area contributed by atoms with Gasteiger partial charge in [0.05, 0.1) is 24.3 Å². The number of aryl methyl sites for hydroxylation is 1. The van der Waals surface area contributed by atoms with Gasteiger partial charge in [-0.3, -0.25) is 14.7 Å². The summed E-state index contributed by atoms with van der Waals surface area (Å²) < 4.78 is 39.1. The van der Waals surface area contributed by atoms with Crippen LogP contribution >= 0.6 is 11.6 Å². The molecule has 0 spiro atoms. The van der Waals surface area contributed by atoms with E-state index >= 15 is 0 Å². The second kappa shape index (κ2) is 8.06. The maximum Gasteiger partial charge on any atom is 0.396 e. The van der Waals surface area contributed by atoms with Gasteiger partial charge in [-0.15, -0.1) is 0 Å². The van der Waals surface area contributed by atoms with Crippen molar-refractivity contribution in [1.82, 2.24) is 15.2 Å². The van der Waals surface area contributed by atoms with Crippen LogP contribution in [0.25, 0.3) is 0 Å². The van der Waals surface area contributed by atoms with Crippen molar-refractivity contribution >= 4 is 29.2 Å². The van der Waals surface area contributed by atoms with Gasteiger partial charge >= 0.3 is 12.2 Å². The van der Waals surface area contributed by atoms with E-state index in [1.54, 1.807) is 18.3 Å². The Hall–Kier alpha value is -2.55. The molecule has 2 aliphatic rings. The minimum atomic E-state index is -4.45. The van der Waals surface area contributed by atoms with Crippen LogP contribution in [0, 0.1) is 12.8 Å². The second-order valence-electron chi connectivity index (χ2n) is 7.00. The summed E-state index contributed by atoms with van der Waals surface area (Å²) in [5, 5.41) is 2.28. The predicted octanol–water partition coefficient (Wildman–Crippen LogP) is 3.38. The number of nitrogens with one attached hydrogen (secondary N) is 1. The molecule has 156 valence electrons. The molecule has 2 heterocycles. The third-order valence-corrected chi connectivity index (χ3v) is 5.52. The van der Waals surface area contributed by atoms with E-state index in [-0.39, 0.29) is 36.1 Å². The molecule has 3 amide bonds. The van der Waals surface area contributed by atoms with Crippen molar-refractivity contribution < 1.29 is 22.8 Å². The van der Waals surface area contributed by atoms with Gasteiger partial charge in [-0.05, 0) is 31.1 Å². The summed E-state index contributed by atoms with van der Waals surface area (Å²) >= 11 is 5.92. The predicted molar refractivity (Wildman–Crippen MR) is 102 cm³/mol. The number of amides is 3. The Bertz CT molecular complexity index is 867. The number of rotatable bonds is 4. The fraction of sp³-hybridized carbons (Fsp3) is 0.421. The van der Waals surface area contributed by atoms with Crippen molar-refractivity contribution in [1.29, 1.82) is 0 Å². The third-order valence-electron chi connectivity index (χ3n) is 5.02. The molecular formula is C19H20ClF3N4O2. The van der Waals surface area contributed by atoms with Crippen molar-refractivity contribution in [2.24, 2.45) is 5.92 Å². The molecule has 1 aliphatic carbocycles. The molecule has 1 saturated heterocycles. The Morgan fingerprint density at radius 1 is 1.38 bits per heavy atom. The van der Waals surface area contributed by atoms with Crippen molar-refractivity contribution in [3.05, 3.63) is 46.8 Å². The molecule has 2 atom stereocenters. The van der Waals surface area contributed by atoms with E-state index in [9.17, 15) is 22.8 Å². The number of aromatic nitrogens is 1. The van der Waals surface area contributed by atoms with Crippen LogP contribution in [-0.2, 0) is 4.79 Å². The number of hydrogen-bond donors (Lipinski definition) is 1.